The fourth-order valence-corrected chi connectivity index (χ4v) is 5.32. The van der Waals surface area contributed by atoms with Gasteiger partial charge in [0.2, 0.25) is 11.8 Å². The summed E-state index contributed by atoms with van der Waals surface area (Å²) in [5.74, 6) is 0.685. The predicted octanol–water partition coefficient (Wildman–Crippen LogP) is 6.89. The molecule has 3 aromatic rings. The first-order valence-corrected chi connectivity index (χ1v) is 14.2. The number of hydrogen-bond donors (Lipinski definition) is 1. The zero-order valence-corrected chi connectivity index (χ0v) is 24.0. The molecule has 190 valence electrons. The number of carbonyl (C=O) groups is 2. The average molecular weight is 588 g/mol. The minimum atomic E-state index is -0.648. The van der Waals surface area contributed by atoms with E-state index < -0.39 is 11.6 Å². The van der Waals surface area contributed by atoms with E-state index in [9.17, 15) is 9.59 Å². The zero-order valence-electron chi connectivity index (χ0n) is 20.8. The summed E-state index contributed by atoms with van der Waals surface area (Å²) >= 11 is 11.2. The van der Waals surface area contributed by atoms with E-state index in [1.165, 1.54) is 11.8 Å². The molecule has 2 amide bonds. The van der Waals surface area contributed by atoms with Crippen molar-refractivity contribution in [2.75, 3.05) is 5.75 Å². The van der Waals surface area contributed by atoms with Gasteiger partial charge in [-0.25, -0.2) is 0 Å². The van der Waals surface area contributed by atoms with Gasteiger partial charge < -0.3 is 10.2 Å². The molecule has 0 aliphatic rings. The maximum Gasteiger partial charge on any atom is 0.243 e. The summed E-state index contributed by atoms with van der Waals surface area (Å²) < 4.78 is 0.932. The van der Waals surface area contributed by atoms with E-state index in [1.807, 2.05) is 99.6 Å². The quantitative estimate of drug-likeness (QED) is 0.281. The number of carbonyl (C=O) groups excluding carboxylic acids is 2. The van der Waals surface area contributed by atoms with Crippen LogP contribution in [0.4, 0.5) is 0 Å². The summed E-state index contributed by atoms with van der Waals surface area (Å²) in [6.07, 6.45) is 0.432. The molecule has 1 atom stereocenters. The Morgan fingerprint density at radius 3 is 2.28 bits per heavy atom. The Hall–Kier alpha value is -2.28. The lowest BCUT2D eigenvalue weighted by molar-refractivity contribution is -0.140. The van der Waals surface area contributed by atoms with Crippen molar-refractivity contribution >= 4 is 51.1 Å². The molecule has 0 aliphatic carbocycles. The Morgan fingerprint density at radius 1 is 0.944 bits per heavy atom. The molecule has 0 heterocycles. The summed E-state index contributed by atoms with van der Waals surface area (Å²) in [5, 5.41) is 3.77. The second-order valence-corrected chi connectivity index (χ2v) is 12.1. The second-order valence-electron chi connectivity index (χ2n) is 9.72. The molecular weight excluding hydrogens is 556 g/mol. The molecule has 3 rings (SSSR count). The lowest BCUT2D eigenvalue weighted by Gasteiger charge is -2.34. The number of hydrogen-bond acceptors (Lipinski definition) is 3. The summed E-state index contributed by atoms with van der Waals surface area (Å²) in [6.45, 7) is 6.19. The summed E-state index contributed by atoms with van der Waals surface area (Å²) in [6, 6.07) is 24.7. The van der Waals surface area contributed by atoms with Crippen molar-refractivity contribution in [3.8, 4) is 0 Å². The van der Waals surface area contributed by atoms with Gasteiger partial charge >= 0.3 is 0 Å². The van der Waals surface area contributed by atoms with Gasteiger partial charge in [-0.15, -0.1) is 11.8 Å². The highest BCUT2D eigenvalue weighted by Crippen LogP contribution is 2.21. The Kier molecular flexibility index (Phi) is 10.5. The van der Waals surface area contributed by atoms with Gasteiger partial charge in [-0.3, -0.25) is 9.59 Å². The highest BCUT2D eigenvalue weighted by Gasteiger charge is 2.32. The lowest BCUT2D eigenvalue weighted by atomic mass is 10.0. The third-order valence-corrected chi connectivity index (χ3v) is 7.11. The lowest BCUT2D eigenvalue weighted by Crippen LogP contribution is -2.54. The van der Waals surface area contributed by atoms with Gasteiger partial charge in [0.05, 0.1) is 5.75 Å². The molecule has 0 unspecified atom stereocenters. The fourth-order valence-electron chi connectivity index (χ4n) is 3.80. The molecule has 4 nitrogen and oxygen atoms in total. The van der Waals surface area contributed by atoms with Gasteiger partial charge in [0.1, 0.15) is 6.04 Å². The van der Waals surface area contributed by atoms with Crippen LogP contribution in [0.25, 0.3) is 0 Å². The van der Waals surface area contributed by atoms with Crippen molar-refractivity contribution in [3.63, 3.8) is 0 Å². The average Bonchev–Trinajstić information content (AvgIpc) is 2.81. The Labute approximate surface area is 231 Å². The number of rotatable bonds is 10. The molecule has 0 saturated carbocycles. The third-order valence-electron chi connectivity index (χ3n) is 5.39. The number of nitrogens with zero attached hydrogens (tertiary/aromatic N) is 1. The van der Waals surface area contributed by atoms with E-state index in [-0.39, 0.29) is 17.6 Å². The van der Waals surface area contributed by atoms with Gasteiger partial charge in [-0.05, 0) is 61.7 Å². The van der Waals surface area contributed by atoms with Crippen molar-refractivity contribution < 1.29 is 9.59 Å². The van der Waals surface area contributed by atoms with Crippen LogP contribution in [0.3, 0.4) is 0 Å². The SMILES string of the molecule is CC(C)(C)NC(=O)[C@@H](Cc1ccccc1)N(Cc1cccc(Br)c1)C(=O)CSCc1cccc(Cl)c1. The number of thioether (sulfide) groups is 1. The Balaban J connectivity index is 1.87. The second kappa shape index (κ2) is 13.3. The molecule has 1 N–H and O–H groups in total. The van der Waals surface area contributed by atoms with Crippen LogP contribution in [0.2, 0.25) is 5.02 Å². The van der Waals surface area contributed by atoms with Gasteiger partial charge in [0.25, 0.3) is 0 Å². The topological polar surface area (TPSA) is 49.4 Å². The molecule has 0 bridgehead atoms. The van der Waals surface area contributed by atoms with Crippen molar-refractivity contribution in [2.24, 2.45) is 0 Å². The first-order chi connectivity index (χ1) is 17.1. The molecular formula is C29H32BrClN2O2S. The Bertz CT molecular complexity index is 1170. The molecule has 0 radical (unpaired) electrons. The molecule has 0 aliphatic heterocycles. The highest BCUT2D eigenvalue weighted by molar-refractivity contribution is 9.10. The van der Waals surface area contributed by atoms with Crippen molar-refractivity contribution in [3.05, 3.63) is 105 Å². The largest absolute Gasteiger partial charge is 0.350 e. The van der Waals surface area contributed by atoms with Crippen LogP contribution in [0, 0.1) is 0 Å². The molecule has 0 saturated heterocycles. The minimum absolute atomic E-state index is 0.0769. The summed E-state index contributed by atoms with van der Waals surface area (Å²) in [5.41, 5.74) is 2.60. The molecule has 7 heteroatoms. The molecule has 0 aromatic heterocycles. The maximum atomic E-state index is 13.7. The molecule has 0 fully saturated rings. The van der Waals surface area contributed by atoms with E-state index in [4.69, 9.17) is 11.6 Å². The standard InChI is InChI=1S/C29H32BrClN2O2S/c1-29(2,3)32-28(35)26(17-21-9-5-4-6-10-21)33(18-22-11-7-13-24(30)15-22)27(34)20-36-19-23-12-8-14-25(31)16-23/h4-16,26H,17-20H2,1-3H3,(H,32,35)/t26-/m1/s1. The van der Waals surface area contributed by atoms with Gasteiger partial charge in [0, 0.05) is 33.8 Å². The number of amides is 2. The van der Waals surface area contributed by atoms with E-state index >= 15 is 0 Å². The summed E-state index contributed by atoms with van der Waals surface area (Å²) in [7, 11) is 0. The summed E-state index contributed by atoms with van der Waals surface area (Å²) in [4.78, 5) is 29.0. The van der Waals surface area contributed by atoms with Crippen LogP contribution in [0.1, 0.15) is 37.5 Å². The normalized spacial score (nSPS) is 12.1. The molecule has 3 aromatic carbocycles. The van der Waals surface area contributed by atoms with Crippen LogP contribution >= 0.6 is 39.3 Å². The molecule has 36 heavy (non-hydrogen) atoms. The Morgan fingerprint density at radius 2 is 1.61 bits per heavy atom. The first kappa shape index (κ1) is 28.3. The number of benzene rings is 3. The van der Waals surface area contributed by atoms with E-state index in [0.29, 0.717) is 23.7 Å². The van der Waals surface area contributed by atoms with Crippen LogP contribution in [-0.4, -0.2) is 34.0 Å². The minimum Gasteiger partial charge on any atom is -0.350 e. The maximum absolute atomic E-state index is 13.7. The zero-order chi connectivity index (χ0) is 26.1. The smallest absolute Gasteiger partial charge is 0.243 e. The van der Waals surface area contributed by atoms with Crippen molar-refractivity contribution in [2.45, 2.75) is 51.1 Å². The van der Waals surface area contributed by atoms with E-state index in [1.54, 1.807) is 4.90 Å². The highest BCUT2D eigenvalue weighted by atomic mass is 79.9. The van der Waals surface area contributed by atoms with Crippen LogP contribution in [0.5, 0.6) is 0 Å². The number of halogens is 2. The van der Waals surface area contributed by atoms with E-state index in [2.05, 4.69) is 21.2 Å². The fraction of sp³-hybridized carbons (Fsp3) is 0.310. The van der Waals surface area contributed by atoms with E-state index in [0.717, 1.165) is 21.2 Å². The van der Waals surface area contributed by atoms with Crippen LogP contribution in [-0.2, 0) is 28.3 Å². The third kappa shape index (κ3) is 9.30. The predicted molar refractivity (Wildman–Crippen MR) is 154 cm³/mol. The number of nitrogens with one attached hydrogen (secondary N) is 1. The van der Waals surface area contributed by atoms with Gasteiger partial charge in [0.15, 0.2) is 0 Å². The van der Waals surface area contributed by atoms with Gasteiger partial charge in [-0.2, -0.15) is 0 Å². The molecule has 0 spiro atoms. The van der Waals surface area contributed by atoms with Crippen LogP contribution in [0.15, 0.2) is 83.3 Å². The van der Waals surface area contributed by atoms with Crippen LogP contribution < -0.4 is 5.32 Å². The van der Waals surface area contributed by atoms with Crippen molar-refractivity contribution in [1.29, 1.82) is 0 Å². The first-order valence-electron chi connectivity index (χ1n) is 11.8. The van der Waals surface area contributed by atoms with Crippen molar-refractivity contribution in [1.82, 2.24) is 10.2 Å². The van der Waals surface area contributed by atoms with Gasteiger partial charge in [-0.1, -0.05) is 82.1 Å². The monoisotopic (exact) mass is 586 g/mol.